The van der Waals surface area contributed by atoms with E-state index in [0.717, 1.165) is 5.39 Å². The zero-order valence-electron chi connectivity index (χ0n) is 8.30. The van der Waals surface area contributed by atoms with E-state index in [1.807, 2.05) is 6.07 Å². The van der Waals surface area contributed by atoms with Gasteiger partial charge in [-0.3, -0.25) is 0 Å². The largest absolute Gasteiger partial charge is 0.462 e. The minimum Gasteiger partial charge on any atom is -0.462 e. The average molecular weight is 202 g/mol. The Morgan fingerprint density at radius 2 is 2.33 bits per heavy atom. The van der Waals surface area contributed by atoms with Crippen LogP contribution in [0.4, 0.5) is 0 Å². The Morgan fingerprint density at radius 3 is 3.13 bits per heavy atom. The molecule has 4 nitrogen and oxygen atoms in total. The van der Waals surface area contributed by atoms with Gasteiger partial charge in [-0.2, -0.15) is 0 Å². The van der Waals surface area contributed by atoms with Crippen molar-refractivity contribution < 1.29 is 9.53 Å². The molecule has 0 saturated heterocycles. The minimum absolute atomic E-state index is 0.351. The van der Waals surface area contributed by atoms with Gasteiger partial charge in [-0.25, -0.2) is 14.8 Å². The number of carbonyl (C=O) groups is 1. The first-order valence-corrected chi connectivity index (χ1v) is 4.69. The lowest BCUT2D eigenvalue weighted by atomic mass is 10.2. The maximum absolute atomic E-state index is 11.4. The first-order valence-electron chi connectivity index (χ1n) is 4.69. The lowest BCUT2D eigenvalue weighted by Crippen LogP contribution is -2.05. The molecule has 0 N–H and O–H groups in total. The summed E-state index contributed by atoms with van der Waals surface area (Å²) in [6.45, 7) is 2.14. The number of ether oxygens (including phenoxy) is 1. The molecule has 2 heterocycles. The Balaban J connectivity index is 2.42. The second-order valence-corrected chi connectivity index (χ2v) is 2.99. The second kappa shape index (κ2) is 4.04. The van der Waals surface area contributed by atoms with Crippen LogP contribution < -0.4 is 0 Å². The predicted octanol–water partition coefficient (Wildman–Crippen LogP) is 1.81. The Labute approximate surface area is 86.9 Å². The van der Waals surface area contributed by atoms with Gasteiger partial charge in [0.15, 0.2) is 5.65 Å². The molecule has 76 valence electrons. The number of carbonyl (C=O) groups excluding carboxylic acids is 1. The normalized spacial score (nSPS) is 10.2. The van der Waals surface area contributed by atoms with Gasteiger partial charge in [0.1, 0.15) is 0 Å². The summed E-state index contributed by atoms with van der Waals surface area (Å²) in [4.78, 5) is 19.5. The topological polar surface area (TPSA) is 52.1 Å². The summed E-state index contributed by atoms with van der Waals surface area (Å²) in [7, 11) is 0. The predicted molar refractivity (Wildman–Crippen MR) is 55.5 cm³/mol. The van der Waals surface area contributed by atoms with Crippen molar-refractivity contribution in [3.63, 3.8) is 0 Å². The van der Waals surface area contributed by atoms with E-state index in [1.54, 1.807) is 25.3 Å². The van der Waals surface area contributed by atoms with Crippen molar-refractivity contribution >= 4 is 17.0 Å². The van der Waals surface area contributed by atoms with Gasteiger partial charge < -0.3 is 4.74 Å². The van der Waals surface area contributed by atoms with Crippen LogP contribution in [0, 0.1) is 0 Å². The summed E-state index contributed by atoms with van der Waals surface area (Å²) < 4.78 is 4.88. The van der Waals surface area contributed by atoms with E-state index in [4.69, 9.17) is 4.74 Å². The van der Waals surface area contributed by atoms with Crippen LogP contribution in [0.15, 0.2) is 30.6 Å². The monoisotopic (exact) mass is 202 g/mol. The van der Waals surface area contributed by atoms with E-state index in [0.29, 0.717) is 17.8 Å². The van der Waals surface area contributed by atoms with E-state index >= 15 is 0 Å². The molecule has 4 heteroatoms. The molecule has 15 heavy (non-hydrogen) atoms. The van der Waals surface area contributed by atoms with Gasteiger partial charge in [0, 0.05) is 17.8 Å². The van der Waals surface area contributed by atoms with Gasteiger partial charge >= 0.3 is 5.97 Å². The van der Waals surface area contributed by atoms with Crippen LogP contribution in [0.5, 0.6) is 0 Å². The minimum atomic E-state index is -0.351. The number of hydrogen-bond acceptors (Lipinski definition) is 4. The number of nitrogens with zero attached hydrogens (tertiary/aromatic N) is 2. The van der Waals surface area contributed by atoms with Crippen molar-refractivity contribution in [3.05, 3.63) is 36.2 Å². The van der Waals surface area contributed by atoms with E-state index in [1.165, 1.54) is 6.20 Å². The van der Waals surface area contributed by atoms with Crippen molar-refractivity contribution in [1.82, 2.24) is 9.97 Å². The number of aromatic nitrogens is 2. The van der Waals surface area contributed by atoms with Crippen LogP contribution in [0.25, 0.3) is 11.0 Å². The standard InChI is InChI=1S/C11H10N2O2/c1-2-15-11(14)9-6-8-4-3-5-12-10(8)13-7-9/h3-7H,2H2,1H3. The number of rotatable bonds is 2. The molecule has 0 unspecified atom stereocenters. The summed E-state index contributed by atoms with van der Waals surface area (Å²) in [6.07, 6.45) is 3.15. The fourth-order valence-corrected chi connectivity index (χ4v) is 1.29. The molecular weight excluding hydrogens is 192 g/mol. The Morgan fingerprint density at radius 1 is 1.47 bits per heavy atom. The maximum atomic E-state index is 11.4. The third-order valence-electron chi connectivity index (χ3n) is 1.96. The highest BCUT2D eigenvalue weighted by molar-refractivity contribution is 5.92. The molecule has 2 aromatic rings. The lowest BCUT2D eigenvalue weighted by Gasteiger charge is -2.01. The summed E-state index contributed by atoms with van der Waals surface area (Å²) in [5.41, 5.74) is 1.09. The zero-order chi connectivity index (χ0) is 10.7. The molecule has 2 rings (SSSR count). The molecule has 0 fully saturated rings. The first-order chi connectivity index (χ1) is 7.31. The van der Waals surface area contributed by atoms with Crippen LogP contribution in [0.1, 0.15) is 17.3 Å². The fraction of sp³-hybridized carbons (Fsp3) is 0.182. The molecule has 0 saturated carbocycles. The number of pyridine rings is 2. The summed E-state index contributed by atoms with van der Waals surface area (Å²) in [6, 6.07) is 5.39. The van der Waals surface area contributed by atoms with Crippen molar-refractivity contribution in [2.45, 2.75) is 6.92 Å². The highest BCUT2D eigenvalue weighted by atomic mass is 16.5. The highest BCUT2D eigenvalue weighted by Crippen LogP contribution is 2.10. The highest BCUT2D eigenvalue weighted by Gasteiger charge is 2.07. The fourth-order valence-electron chi connectivity index (χ4n) is 1.29. The molecule has 0 atom stereocenters. The molecule has 0 spiro atoms. The molecule has 0 radical (unpaired) electrons. The van der Waals surface area contributed by atoms with Gasteiger partial charge in [-0.15, -0.1) is 0 Å². The quantitative estimate of drug-likeness (QED) is 0.697. The summed E-state index contributed by atoms with van der Waals surface area (Å²) >= 11 is 0. The van der Waals surface area contributed by atoms with Crippen LogP contribution in [0.2, 0.25) is 0 Å². The summed E-state index contributed by atoms with van der Waals surface area (Å²) in [5, 5.41) is 0.836. The Bertz CT molecular complexity index is 497. The van der Waals surface area contributed by atoms with Crippen LogP contribution in [-0.4, -0.2) is 22.5 Å². The van der Waals surface area contributed by atoms with Gasteiger partial charge in [0.25, 0.3) is 0 Å². The van der Waals surface area contributed by atoms with Gasteiger partial charge in [0.05, 0.1) is 12.2 Å². The SMILES string of the molecule is CCOC(=O)c1cnc2ncccc2c1. The van der Waals surface area contributed by atoms with Gasteiger partial charge in [-0.05, 0) is 25.1 Å². The Kier molecular flexibility index (Phi) is 2.58. The third kappa shape index (κ3) is 1.93. The lowest BCUT2D eigenvalue weighted by molar-refractivity contribution is 0.0526. The zero-order valence-corrected chi connectivity index (χ0v) is 8.30. The van der Waals surface area contributed by atoms with Gasteiger partial charge in [-0.1, -0.05) is 0 Å². The van der Waals surface area contributed by atoms with Crippen molar-refractivity contribution in [2.75, 3.05) is 6.61 Å². The molecule has 0 aliphatic heterocycles. The van der Waals surface area contributed by atoms with Crippen molar-refractivity contribution in [1.29, 1.82) is 0 Å². The number of fused-ring (bicyclic) bond motifs is 1. The molecule has 0 aromatic carbocycles. The van der Waals surface area contributed by atoms with E-state index in [-0.39, 0.29) is 5.97 Å². The van der Waals surface area contributed by atoms with Gasteiger partial charge in [0.2, 0.25) is 0 Å². The third-order valence-corrected chi connectivity index (χ3v) is 1.96. The second-order valence-electron chi connectivity index (χ2n) is 2.99. The molecular formula is C11H10N2O2. The average Bonchev–Trinajstić information content (AvgIpc) is 2.29. The maximum Gasteiger partial charge on any atom is 0.339 e. The molecule has 0 aliphatic carbocycles. The van der Waals surface area contributed by atoms with Crippen molar-refractivity contribution in [3.8, 4) is 0 Å². The number of esters is 1. The Hall–Kier alpha value is -1.97. The first kappa shape index (κ1) is 9.58. The van der Waals surface area contributed by atoms with Crippen molar-refractivity contribution in [2.24, 2.45) is 0 Å². The van der Waals surface area contributed by atoms with Crippen LogP contribution in [-0.2, 0) is 4.74 Å². The van der Waals surface area contributed by atoms with Crippen LogP contribution in [0.3, 0.4) is 0 Å². The molecule has 0 bridgehead atoms. The smallest absolute Gasteiger partial charge is 0.339 e. The summed E-state index contributed by atoms with van der Waals surface area (Å²) in [5.74, 6) is -0.351. The van der Waals surface area contributed by atoms with E-state index < -0.39 is 0 Å². The molecule has 2 aromatic heterocycles. The van der Waals surface area contributed by atoms with E-state index in [9.17, 15) is 4.79 Å². The van der Waals surface area contributed by atoms with E-state index in [2.05, 4.69) is 9.97 Å². The number of hydrogen-bond donors (Lipinski definition) is 0. The van der Waals surface area contributed by atoms with Crippen LogP contribution >= 0.6 is 0 Å². The molecule has 0 amide bonds. The molecule has 0 aliphatic rings.